The molecule has 5 N–H and O–H groups in total. The van der Waals surface area contributed by atoms with Crippen LogP contribution in [0.4, 0.5) is 5.69 Å². The molecule has 0 saturated carbocycles. The van der Waals surface area contributed by atoms with Gasteiger partial charge in [-0.2, -0.15) is 0 Å². The smallest absolute Gasteiger partial charge is 0.0810 e. The quantitative estimate of drug-likeness (QED) is 0.666. The lowest BCUT2D eigenvalue weighted by atomic mass is 9.90. The Bertz CT molecular complexity index is 316. The molecule has 84 valence electrons. The highest BCUT2D eigenvalue weighted by atomic mass is 16.3. The van der Waals surface area contributed by atoms with Gasteiger partial charge in [-0.25, -0.2) is 0 Å². The molecule has 0 spiro atoms. The molecule has 0 fully saturated rings. The van der Waals surface area contributed by atoms with E-state index in [-0.39, 0.29) is 6.54 Å². The largest absolute Gasteiger partial charge is 0.398 e. The Balaban J connectivity index is 2.79. The number of pyridine rings is 1. The summed E-state index contributed by atoms with van der Waals surface area (Å²) in [4.78, 5) is 3.99. The van der Waals surface area contributed by atoms with E-state index < -0.39 is 5.60 Å². The van der Waals surface area contributed by atoms with Crippen LogP contribution in [0, 0.1) is 0 Å². The summed E-state index contributed by atoms with van der Waals surface area (Å²) in [6, 6.07) is 1.73. The van der Waals surface area contributed by atoms with Crippen LogP contribution >= 0.6 is 0 Å². The molecule has 0 bridgehead atoms. The van der Waals surface area contributed by atoms with Gasteiger partial charge in [0.05, 0.1) is 5.60 Å². The number of aliphatic hydroxyl groups is 1. The van der Waals surface area contributed by atoms with E-state index in [1.165, 1.54) is 0 Å². The number of hydrogen-bond donors (Lipinski definition) is 3. The highest BCUT2D eigenvalue weighted by Gasteiger charge is 2.25. The predicted octanol–water partition coefficient (Wildman–Crippen LogP) is 0.696. The molecule has 0 aromatic carbocycles. The maximum absolute atomic E-state index is 10.2. The summed E-state index contributed by atoms with van der Waals surface area (Å²) < 4.78 is 0. The second-order valence-corrected chi connectivity index (χ2v) is 3.93. The molecule has 0 radical (unpaired) electrons. The molecule has 1 aromatic heterocycles. The highest BCUT2D eigenvalue weighted by Crippen LogP contribution is 2.21. The second-order valence-electron chi connectivity index (χ2n) is 3.93. The van der Waals surface area contributed by atoms with Crippen molar-refractivity contribution in [2.45, 2.75) is 31.8 Å². The molecule has 1 heterocycles. The van der Waals surface area contributed by atoms with E-state index in [1.807, 2.05) is 6.92 Å². The third-order valence-electron chi connectivity index (χ3n) is 2.56. The number of anilines is 1. The first-order chi connectivity index (χ1) is 7.11. The molecule has 0 saturated heterocycles. The van der Waals surface area contributed by atoms with E-state index in [2.05, 4.69) is 4.98 Å². The molecule has 0 aliphatic rings. The van der Waals surface area contributed by atoms with E-state index in [4.69, 9.17) is 11.5 Å². The lowest BCUT2D eigenvalue weighted by Gasteiger charge is -2.26. The van der Waals surface area contributed by atoms with Gasteiger partial charge < -0.3 is 16.6 Å². The lowest BCUT2D eigenvalue weighted by molar-refractivity contribution is 0.0399. The van der Waals surface area contributed by atoms with Gasteiger partial charge in [0.2, 0.25) is 0 Å². The van der Waals surface area contributed by atoms with E-state index >= 15 is 0 Å². The first-order valence-corrected chi connectivity index (χ1v) is 5.22. The molecule has 0 amide bonds. The monoisotopic (exact) mass is 209 g/mol. The summed E-state index contributed by atoms with van der Waals surface area (Å²) in [7, 11) is 0. The standard InChI is InChI=1S/C11H19N3O/c1-2-4-11(15,8-12)6-9-7-14-5-3-10(9)13/h3,5,7,15H,2,4,6,8,12H2,1H3,(H2,13,14). The zero-order valence-electron chi connectivity index (χ0n) is 9.11. The molecule has 1 rings (SSSR count). The SMILES string of the molecule is CCCC(O)(CN)Cc1cnccc1N. The minimum absolute atomic E-state index is 0.245. The van der Waals surface area contributed by atoms with Crippen molar-refractivity contribution in [2.75, 3.05) is 12.3 Å². The molecule has 1 unspecified atom stereocenters. The molecular formula is C11H19N3O. The highest BCUT2D eigenvalue weighted by molar-refractivity contribution is 5.45. The first kappa shape index (κ1) is 11.9. The summed E-state index contributed by atoms with van der Waals surface area (Å²) in [5, 5.41) is 10.2. The zero-order chi connectivity index (χ0) is 11.3. The van der Waals surface area contributed by atoms with Crippen molar-refractivity contribution in [1.82, 2.24) is 4.98 Å². The normalized spacial score (nSPS) is 14.9. The van der Waals surface area contributed by atoms with E-state index in [1.54, 1.807) is 18.5 Å². The van der Waals surface area contributed by atoms with Crippen LogP contribution in [-0.2, 0) is 6.42 Å². The molecule has 15 heavy (non-hydrogen) atoms. The summed E-state index contributed by atoms with van der Waals surface area (Å²) in [6.45, 7) is 2.27. The Kier molecular flexibility index (Phi) is 4.05. The topological polar surface area (TPSA) is 85.2 Å². The van der Waals surface area contributed by atoms with Crippen LogP contribution in [-0.4, -0.2) is 22.2 Å². The third kappa shape index (κ3) is 3.18. The number of nitrogen functional groups attached to an aromatic ring is 1. The summed E-state index contributed by atoms with van der Waals surface area (Å²) >= 11 is 0. The van der Waals surface area contributed by atoms with Gasteiger partial charge >= 0.3 is 0 Å². The summed E-state index contributed by atoms with van der Waals surface area (Å²) in [6.07, 6.45) is 5.37. The van der Waals surface area contributed by atoms with Crippen molar-refractivity contribution in [3.05, 3.63) is 24.0 Å². The Morgan fingerprint density at radius 3 is 2.80 bits per heavy atom. The maximum atomic E-state index is 10.2. The lowest BCUT2D eigenvalue weighted by Crippen LogP contribution is -2.40. The molecule has 4 heteroatoms. The van der Waals surface area contributed by atoms with Gasteiger partial charge in [0.25, 0.3) is 0 Å². The van der Waals surface area contributed by atoms with E-state index in [9.17, 15) is 5.11 Å². The van der Waals surface area contributed by atoms with Crippen molar-refractivity contribution in [3.8, 4) is 0 Å². The molecule has 1 aromatic rings. The van der Waals surface area contributed by atoms with Crippen LogP contribution < -0.4 is 11.5 Å². The van der Waals surface area contributed by atoms with Gasteiger partial charge in [0.1, 0.15) is 0 Å². The molecule has 0 aliphatic heterocycles. The summed E-state index contributed by atoms with van der Waals surface area (Å²) in [5.74, 6) is 0. The Hall–Kier alpha value is -1.13. The van der Waals surface area contributed by atoms with Crippen LogP contribution in [0.5, 0.6) is 0 Å². The van der Waals surface area contributed by atoms with Crippen LogP contribution in [0.2, 0.25) is 0 Å². The van der Waals surface area contributed by atoms with Crippen molar-refractivity contribution in [2.24, 2.45) is 5.73 Å². The number of aromatic nitrogens is 1. The van der Waals surface area contributed by atoms with Gasteiger partial charge in [-0.05, 0) is 18.1 Å². The predicted molar refractivity (Wildman–Crippen MR) is 61.3 cm³/mol. The van der Waals surface area contributed by atoms with Crippen LogP contribution in [0.3, 0.4) is 0 Å². The van der Waals surface area contributed by atoms with Crippen LogP contribution in [0.15, 0.2) is 18.5 Å². The molecule has 4 nitrogen and oxygen atoms in total. The maximum Gasteiger partial charge on any atom is 0.0810 e. The average Bonchev–Trinajstić information content (AvgIpc) is 2.22. The van der Waals surface area contributed by atoms with Crippen LogP contribution in [0.1, 0.15) is 25.3 Å². The molecule has 1 atom stereocenters. The van der Waals surface area contributed by atoms with Crippen molar-refractivity contribution < 1.29 is 5.11 Å². The zero-order valence-corrected chi connectivity index (χ0v) is 9.11. The fourth-order valence-electron chi connectivity index (χ4n) is 1.67. The third-order valence-corrected chi connectivity index (χ3v) is 2.56. The Morgan fingerprint density at radius 1 is 1.53 bits per heavy atom. The Morgan fingerprint density at radius 2 is 2.27 bits per heavy atom. The fourth-order valence-corrected chi connectivity index (χ4v) is 1.67. The van der Waals surface area contributed by atoms with E-state index in [0.29, 0.717) is 18.5 Å². The van der Waals surface area contributed by atoms with Gasteiger partial charge in [0, 0.05) is 31.0 Å². The van der Waals surface area contributed by atoms with Gasteiger partial charge in [-0.3, -0.25) is 4.98 Å². The minimum Gasteiger partial charge on any atom is -0.398 e. The molecule has 0 aliphatic carbocycles. The number of hydrogen-bond acceptors (Lipinski definition) is 4. The summed E-state index contributed by atoms with van der Waals surface area (Å²) in [5.41, 5.74) is 12.0. The van der Waals surface area contributed by atoms with E-state index in [0.717, 1.165) is 12.0 Å². The first-order valence-electron chi connectivity index (χ1n) is 5.22. The van der Waals surface area contributed by atoms with Gasteiger partial charge in [-0.1, -0.05) is 13.3 Å². The van der Waals surface area contributed by atoms with Crippen molar-refractivity contribution in [1.29, 1.82) is 0 Å². The second kappa shape index (κ2) is 5.09. The number of rotatable bonds is 5. The molecular weight excluding hydrogens is 190 g/mol. The van der Waals surface area contributed by atoms with Gasteiger partial charge in [0.15, 0.2) is 0 Å². The van der Waals surface area contributed by atoms with Gasteiger partial charge in [-0.15, -0.1) is 0 Å². The Labute approximate surface area is 90.3 Å². The number of nitrogens with two attached hydrogens (primary N) is 2. The van der Waals surface area contributed by atoms with Crippen molar-refractivity contribution >= 4 is 5.69 Å². The fraction of sp³-hybridized carbons (Fsp3) is 0.545. The van der Waals surface area contributed by atoms with Crippen LogP contribution in [0.25, 0.3) is 0 Å². The average molecular weight is 209 g/mol. The number of nitrogens with zero attached hydrogens (tertiary/aromatic N) is 1. The van der Waals surface area contributed by atoms with Crippen molar-refractivity contribution in [3.63, 3.8) is 0 Å². The minimum atomic E-state index is -0.855.